The van der Waals surface area contributed by atoms with E-state index in [0.717, 1.165) is 11.5 Å². The third kappa shape index (κ3) is 2.73. The number of nitrogens with zero attached hydrogens (tertiary/aromatic N) is 1. The number of fused-ring (bicyclic) bond motifs is 3. The highest BCUT2D eigenvalue weighted by Gasteiger charge is 2.34. The topological polar surface area (TPSA) is 40.5 Å². The molecule has 3 aliphatic rings. The Kier molecular flexibility index (Phi) is 3.79. The lowest BCUT2D eigenvalue weighted by Gasteiger charge is -2.45. The van der Waals surface area contributed by atoms with Crippen LogP contribution >= 0.6 is 0 Å². The number of piperidine rings is 3. The zero-order chi connectivity index (χ0) is 14.1. The largest absolute Gasteiger partial charge is 0.481 e. The van der Waals surface area contributed by atoms with Gasteiger partial charge in [-0.2, -0.15) is 0 Å². The van der Waals surface area contributed by atoms with Crippen LogP contribution in [0.15, 0.2) is 24.3 Å². The van der Waals surface area contributed by atoms with Gasteiger partial charge in [0.1, 0.15) is 0 Å². The van der Waals surface area contributed by atoms with Gasteiger partial charge in [0.2, 0.25) is 0 Å². The lowest BCUT2D eigenvalue weighted by atomic mass is 9.75. The van der Waals surface area contributed by atoms with Gasteiger partial charge in [-0.3, -0.25) is 4.79 Å². The molecule has 0 spiro atoms. The van der Waals surface area contributed by atoms with Crippen molar-refractivity contribution in [3.05, 3.63) is 35.4 Å². The van der Waals surface area contributed by atoms with Crippen molar-refractivity contribution in [2.75, 3.05) is 19.6 Å². The maximum atomic E-state index is 10.9. The molecule has 3 fully saturated rings. The molecular weight excluding hydrogens is 250 g/mol. The Bertz CT molecular complexity index is 474. The van der Waals surface area contributed by atoms with Crippen LogP contribution in [0.25, 0.3) is 0 Å². The molecule has 2 atom stereocenters. The number of hydrogen-bond donors (Lipinski definition) is 1. The summed E-state index contributed by atoms with van der Waals surface area (Å²) in [5, 5.41) is 8.97. The molecular formula is C17H23NO2. The molecule has 1 N–H and O–H groups in total. The van der Waals surface area contributed by atoms with Crippen molar-refractivity contribution in [2.45, 2.75) is 32.1 Å². The number of aliphatic carboxylic acids is 1. The van der Waals surface area contributed by atoms with Crippen LogP contribution in [0.1, 0.15) is 36.8 Å². The lowest BCUT2D eigenvalue weighted by Crippen LogP contribution is -2.46. The second-order valence-corrected chi connectivity index (χ2v) is 6.43. The van der Waals surface area contributed by atoms with E-state index in [1.54, 1.807) is 6.92 Å². The van der Waals surface area contributed by atoms with Gasteiger partial charge in [-0.05, 0) is 55.3 Å². The number of carbonyl (C=O) groups is 1. The highest BCUT2D eigenvalue weighted by Crippen LogP contribution is 2.38. The van der Waals surface area contributed by atoms with Crippen LogP contribution < -0.4 is 0 Å². The van der Waals surface area contributed by atoms with Crippen molar-refractivity contribution in [3.8, 4) is 0 Å². The van der Waals surface area contributed by atoms with Gasteiger partial charge in [0.15, 0.2) is 0 Å². The summed E-state index contributed by atoms with van der Waals surface area (Å²) >= 11 is 0. The number of carboxylic acid groups (broad SMARTS) is 1. The third-order valence-electron chi connectivity index (χ3n) is 5.03. The van der Waals surface area contributed by atoms with Gasteiger partial charge in [-0.1, -0.05) is 31.2 Å². The summed E-state index contributed by atoms with van der Waals surface area (Å²) in [6.07, 6.45) is 3.29. The van der Waals surface area contributed by atoms with Crippen LogP contribution in [0.4, 0.5) is 0 Å². The van der Waals surface area contributed by atoms with Gasteiger partial charge in [0.25, 0.3) is 0 Å². The van der Waals surface area contributed by atoms with Gasteiger partial charge in [-0.15, -0.1) is 0 Å². The van der Waals surface area contributed by atoms with Gasteiger partial charge in [0, 0.05) is 6.54 Å². The summed E-state index contributed by atoms with van der Waals surface area (Å²) in [7, 11) is 0. The zero-order valence-electron chi connectivity index (χ0n) is 12.1. The average molecular weight is 273 g/mol. The normalized spacial score (nSPS) is 30.1. The molecule has 2 bridgehead atoms. The zero-order valence-corrected chi connectivity index (χ0v) is 12.1. The number of carboxylic acids is 1. The molecule has 3 saturated heterocycles. The van der Waals surface area contributed by atoms with Gasteiger partial charge in [0.05, 0.1) is 5.92 Å². The van der Waals surface area contributed by atoms with E-state index in [9.17, 15) is 4.79 Å². The van der Waals surface area contributed by atoms with E-state index < -0.39 is 5.97 Å². The molecule has 108 valence electrons. The molecule has 4 rings (SSSR count). The molecule has 3 aliphatic heterocycles. The second-order valence-electron chi connectivity index (χ2n) is 6.43. The summed E-state index contributed by atoms with van der Waals surface area (Å²) in [5.74, 6) is 0.511. The molecule has 20 heavy (non-hydrogen) atoms. The first-order chi connectivity index (χ1) is 9.63. The Hall–Kier alpha value is -1.35. The first-order valence-electron chi connectivity index (χ1n) is 7.67. The van der Waals surface area contributed by atoms with E-state index in [1.807, 2.05) is 0 Å². The molecule has 3 heterocycles. The molecule has 2 unspecified atom stereocenters. The minimum absolute atomic E-state index is 0.308. The molecule has 0 amide bonds. The Morgan fingerprint density at radius 3 is 2.45 bits per heavy atom. The molecule has 0 aliphatic carbocycles. The SMILES string of the molecule is CC(Cc1ccc(C2CN3CCC2CC3)cc1)C(=O)O. The second kappa shape index (κ2) is 5.57. The molecule has 3 nitrogen and oxygen atoms in total. The Labute approximate surface area is 120 Å². The van der Waals surface area contributed by atoms with Gasteiger partial charge in [-0.25, -0.2) is 0 Å². The van der Waals surface area contributed by atoms with E-state index >= 15 is 0 Å². The molecule has 0 aromatic heterocycles. The van der Waals surface area contributed by atoms with Crippen molar-refractivity contribution < 1.29 is 9.90 Å². The molecule has 0 saturated carbocycles. The summed E-state index contributed by atoms with van der Waals surface area (Å²) in [6.45, 7) is 5.52. The van der Waals surface area contributed by atoms with Crippen LogP contribution in [0.5, 0.6) is 0 Å². The molecule has 1 aromatic rings. The predicted molar refractivity (Wildman–Crippen MR) is 78.9 cm³/mol. The molecule has 3 heteroatoms. The van der Waals surface area contributed by atoms with Crippen molar-refractivity contribution in [1.29, 1.82) is 0 Å². The molecule has 0 radical (unpaired) electrons. The Morgan fingerprint density at radius 1 is 1.30 bits per heavy atom. The molecule has 1 aromatic carbocycles. The van der Waals surface area contributed by atoms with Crippen molar-refractivity contribution in [2.24, 2.45) is 11.8 Å². The fourth-order valence-electron chi connectivity index (χ4n) is 3.68. The summed E-state index contributed by atoms with van der Waals surface area (Å²) in [6, 6.07) is 8.67. The fourth-order valence-corrected chi connectivity index (χ4v) is 3.68. The van der Waals surface area contributed by atoms with Crippen LogP contribution in [-0.2, 0) is 11.2 Å². The summed E-state index contributed by atoms with van der Waals surface area (Å²) in [4.78, 5) is 13.5. The van der Waals surface area contributed by atoms with Crippen LogP contribution in [0.2, 0.25) is 0 Å². The lowest BCUT2D eigenvalue weighted by molar-refractivity contribution is -0.141. The number of hydrogen-bond acceptors (Lipinski definition) is 2. The average Bonchev–Trinajstić information content (AvgIpc) is 2.49. The smallest absolute Gasteiger partial charge is 0.306 e. The van der Waals surface area contributed by atoms with Crippen molar-refractivity contribution >= 4 is 5.97 Å². The standard InChI is InChI=1S/C17H23NO2/c1-12(17(19)20)10-13-2-4-14(5-3-13)16-11-18-8-6-15(16)7-9-18/h2-5,12,15-16H,6-11H2,1H3,(H,19,20). The quantitative estimate of drug-likeness (QED) is 0.917. The van der Waals surface area contributed by atoms with Crippen molar-refractivity contribution in [1.82, 2.24) is 4.90 Å². The Balaban J connectivity index is 1.68. The monoisotopic (exact) mass is 273 g/mol. The first-order valence-corrected chi connectivity index (χ1v) is 7.67. The van der Waals surface area contributed by atoms with E-state index in [0.29, 0.717) is 12.3 Å². The summed E-state index contributed by atoms with van der Waals surface area (Å²) < 4.78 is 0. The van der Waals surface area contributed by atoms with E-state index in [1.165, 1.54) is 38.0 Å². The van der Waals surface area contributed by atoms with Crippen LogP contribution in [0.3, 0.4) is 0 Å². The van der Waals surface area contributed by atoms with Crippen LogP contribution in [-0.4, -0.2) is 35.6 Å². The summed E-state index contributed by atoms with van der Waals surface area (Å²) in [5.41, 5.74) is 2.57. The fraction of sp³-hybridized carbons (Fsp3) is 0.588. The van der Waals surface area contributed by atoms with Gasteiger partial charge < -0.3 is 10.0 Å². The minimum atomic E-state index is -0.716. The Morgan fingerprint density at radius 2 is 1.95 bits per heavy atom. The number of rotatable bonds is 4. The maximum absolute atomic E-state index is 10.9. The maximum Gasteiger partial charge on any atom is 0.306 e. The van der Waals surface area contributed by atoms with Gasteiger partial charge >= 0.3 is 5.97 Å². The number of benzene rings is 1. The minimum Gasteiger partial charge on any atom is -0.481 e. The third-order valence-corrected chi connectivity index (χ3v) is 5.03. The van der Waals surface area contributed by atoms with E-state index in [-0.39, 0.29) is 5.92 Å². The van der Waals surface area contributed by atoms with Crippen LogP contribution in [0, 0.1) is 11.8 Å². The highest BCUT2D eigenvalue weighted by molar-refractivity contribution is 5.69. The van der Waals surface area contributed by atoms with Crippen molar-refractivity contribution in [3.63, 3.8) is 0 Å². The van der Waals surface area contributed by atoms with E-state index in [2.05, 4.69) is 29.2 Å². The van der Waals surface area contributed by atoms with E-state index in [4.69, 9.17) is 5.11 Å². The highest BCUT2D eigenvalue weighted by atomic mass is 16.4. The first kappa shape index (κ1) is 13.6. The predicted octanol–water partition coefficient (Wildman–Crippen LogP) is 2.76.